The first-order chi connectivity index (χ1) is 7.86. The molecular formula is C13H21N3. The van der Waals surface area contributed by atoms with Crippen molar-refractivity contribution in [2.45, 2.75) is 26.8 Å². The van der Waals surface area contributed by atoms with Crippen LogP contribution in [0.15, 0.2) is 35.3 Å². The second-order valence-electron chi connectivity index (χ2n) is 3.61. The van der Waals surface area contributed by atoms with E-state index in [1.165, 1.54) is 5.56 Å². The number of aliphatic imine (C=N–C) groups is 1. The van der Waals surface area contributed by atoms with Gasteiger partial charge in [-0.15, -0.1) is 0 Å². The van der Waals surface area contributed by atoms with Crippen molar-refractivity contribution in [3.8, 4) is 0 Å². The van der Waals surface area contributed by atoms with Crippen molar-refractivity contribution in [3.63, 3.8) is 0 Å². The Bertz CT molecular complexity index is 306. The smallest absolute Gasteiger partial charge is 0.191 e. The summed E-state index contributed by atoms with van der Waals surface area (Å²) in [5.41, 5.74) is 1.23. The molecule has 3 nitrogen and oxygen atoms in total. The van der Waals surface area contributed by atoms with E-state index < -0.39 is 0 Å². The maximum absolute atomic E-state index is 4.52. The Balaban J connectivity index is 2.50. The second-order valence-corrected chi connectivity index (χ2v) is 3.61. The third-order valence-corrected chi connectivity index (χ3v) is 2.15. The van der Waals surface area contributed by atoms with Crippen LogP contribution in [0.25, 0.3) is 0 Å². The highest BCUT2D eigenvalue weighted by molar-refractivity contribution is 5.79. The molecule has 2 N–H and O–H groups in total. The molecular weight excluding hydrogens is 198 g/mol. The van der Waals surface area contributed by atoms with Crippen LogP contribution in [-0.4, -0.2) is 19.0 Å². The minimum atomic E-state index is 0.722. The summed E-state index contributed by atoms with van der Waals surface area (Å²) in [4.78, 5) is 4.52. The van der Waals surface area contributed by atoms with Crippen molar-refractivity contribution >= 4 is 5.96 Å². The zero-order valence-electron chi connectivity index (χ0n) is 10.2. The van der Waals surface area contributed by atoms with Gasteiger partial charge in [-0.3, -0.25) is 0 Å². The summed E-state index contributed by atoms with van der Waals surface area (Å²) in [6, 6.07) is 10.3. The van der Waals surface area contributed by atoms with Crippen molar-refractivity contribution in [1.82, 2.24) is 10.6 Å². The number of rotatable bonds is 5. The van der Waals surface area contributed by atoms with Gasteiger partial charge in [-0.2, -0.15) is 0 Å². The maximum atomic E-state index is 4.52. The number of hydrogen-bond donors (Lipinski definition) is 2. The van der Waals surface area contributed by atoms with Gasteiger partial charge in [-0.05, 0) is 18.9 Å². The summed E-state index contributed by atoms with van der Waals surface area (Å²) in [6.07, 6.45) is 1.11. The van der Waals surface area contributed by atoms with E-state index in [4.69, 9.17) is 0 Å². The molecule has 1 aromatic rings. The highest BCUT2D eigenvalue weighted by Crippen LogP contribution is 1.99. The molecule has 0 bridgehead atoms. The summed E-state index contributed by atoms with van der Waals surface area (Å²) in [5.74, 6) is 0.896. The van der Waals surface area contributed by atoms with E-state index in [2.05, 4.69) is 41.6 Å². The minimum Gasteiger partial charge on any atom is -0.357 e. The largest absolute Gasteiger partial charge is 0.357 e. The topological polar surface area (TPSA) is 36.4 Å². The molecule has 3 heteroatoms. The van der Waals surface area contributed by atoms with Crippen molar-refractivity contribution < 1.29 is 0 Å². The number of nitrogens with one attached hydrogen (secondary N) is 2. The molecule has 0 atom stereocenters. The van der Waals surface area contributed by atoms with Gasteiger partial charge in [0.15, 0.2) is 5.96 Å². The Morgan fingerprint density at radius 2 is 1.88 bits per heavy atom. The molecule has 0 fully saturated rings. The lowest BCUT2D eigenvalue weighted by atomic mass is 10.2. The van der Waals surface area contributed by atoms with Crippen LogP contribution >= 0.6 is 0 Å². The molecule has 88 valence electrons. The molecule has 16 heavy (non-hydrogen) atoms. The molecule has 0 aliphatic rings. The summed E-state index contributed by atoms with van der Waals surface area (Å²) >= 11 is 0. The van der Waals surface area contributed by atoms with E-state index in [-0.39, 0.29) is 0 Å². The van der Waals surface area contributed by atoms with Crippen LogP contribution in [0.4, 0.5) is 0 Å². The van der Waals surface area contributed by atoms with Gasteiger partial charge in [0.05, 0.1) is 6.54 Å². The molecule has 0 unspecified atom stereocenters. The Morgan fingerprint density at radius 1 is 1.12 bits per heavy atom. The molecule has 1 rings (SSSR count). The predicted molar refractivity (Wildman–Crippen MR) is 69.6 cm³/mol. The highest BCUT2D eigenvalue weighted by Gasteiger charge is 1.95. The van der Waals surface area contributed by atoms with Gasteiger partial charge in [0.2, 0.25) is 0 Å². The number of guanidine groups is 1. The van der Waals surface area contributed by atoms with Crippen LogP contribution in [-0.2, 0) is 6.54 Å². The molecule has 0 amide bonds. The Labute approximate surface area is 98.0 Å². The van der Waals surface area contributed by atoms with Crippen molar-refractivity contribution in [2.75, 3.05) is 13.1 Å². The van der Waals surface area contributed by atoms with Gasteiger partial charge in [-0.1, -0.05) is 37.3 Å². The van der Waals surface area contributed by atoms with Crippen molar-refractivity contribution in [2.24, 2.45) is 4.99 Å². The van der Waals surface area contributed by atoms with Gasteiger partial charge in [0, 0.05) is 13.1 Å². The highest BCUT2D eigenvalue weighted by atomic mass is 15.2. The standard InChI is InChI=1S/C13H21N3/c1-3-10-15-13(14-4-2)16-11-12-8-6-5-7-9-12/h5-9H,3-4,10-11H2,1-2H3,(H2,14,15,16). The zero-order valence-corrected chi connectivity index (χ0v) is 10.2. The third-order valence-electron chi connectivity index (χ3n) is 2.15. The second kappa shape index (κ2) is 7.74. The fraction of sp³-hybridized carbons (Fsp3) is 0.462. The molecule has 1 aromatic carbocycles. The van der Waals surface area contributed by atoms with E-state index in [1.54, 1.807) is 0 Å². The van der Waals surface area contributed by atoms with Crippen LogP contribution in [0.2, 0.25) is 0 Å². The van der Waals surface area contributed by atoms with E-state index in [9.17, 15) is 0 Å². The first kappa shape index (κ1) is 12.6. The van der Waals surface area contributed by atoms with Crippen LogP contribution in [0.1, 0.15) is 25.8 Å². The Hall–Kier alpha value is -1.51. The fourth-order valence-electron chi connectivity index (χ4n) is 1.34. The first-order valence-electron chi connectivity index (χ1n) is 5.93. The normalized spacial score (nSPS) is 11.2. The third kappa shape index (κ3) is 4.82. The summed E-state index contributed by atoms with van der Waals surface area (Å²) in [7, 11) is 0. The summed E-state index contributed by atoms with van der Waals surface area (Å²) in [6.45, 7) is 6.80. The summed E-state index contributed by atoms with van der Waals surface area (Å²) in [5, 5.41) is 6.51. The number of hydrogen-bond acceptors (Lipinski definition) is 1. The van der Waals surface area contributed by atoms with Gasteiger partial charge in [0.25, 0.3) is 0 Å². The first-order valence-corrected chi connectivity index (χ1v) is 5.93. The van der Waals surface area contributed by atoms with E-state index >= 15 is 0 Å². The van der Waals surface area contributed by atoms with E-state index in [1.807, 2.05) is 18.2 Å². The fourth-order valence-corrected chi connectivity index (χ4v) is 1.34. The monoisotopic (exact) mass is 219 g/mol. The number of benzene rings is 1. The average molecular weight is 219 g/mol. The lowest BCUT2D eigenvalue weighted by Crippen LogP contribution is -2.37. The van der Waals surface area contributed by atoms with E-state index in [0.29, 0.717) is 0 Å². The molecule has 0 spiro atoms. The van der Waals surface area contributed by atoms with Gasteiger partial charge in [-0.25, -0.2) is 4.99 Å². The summed E-state index contributed by atoms with van der Waals surface area (Å²) < 4.78 is 0. The van der Waals surface area contributed by atoms with Gasteiger partial charge < -0.3 is 10.6 Å². The van der Waals surface area contributed by atoms with E-state index in [0.717, 1.165) is 32.0 Å². The lowest BCUT2D eigenvalue weighted by Gasteiger charge is -2.09. The molecule has 0 aliphatic carbocycles. The average Bonchev–Trinajstić information content (AvgIpc) is 2.34. The Morgan fingerprint density at radius 3 is 2.50 bits per heavy atom. The molecule has 0 radical (unpaired) electrons. The van der Waals surface area contributed by atoms with Crippen molar-refractivity contribution in [3.05, 3.63) is 35.9 Å². The Kier molecular flexibility index (Phi) is 6.07. The maximum Gasteiger partial charge on any atom is 0.191 e. The molecule has 0 saturated heterocycles. The van der Waals surface area contributed by atoms with Gasteiger partial charge in [0.1, 0.15) is 0 Å². The lowest BCUT2D eigenvalue weighted by molar-refractivity contribution is 0.785. The molecule has 0 heterocycles. The quantitative estimate of drug-likeness (QED) is 0.588. The van der Waals surface area contributed by atoms with Crippen LogP contribution in [0, 0.1) is 0 Å². The van der Waals surface area contributed by atoms with Gasteiger partial charge >= 0.3 is 0 Å². The SMILES string of the molecule is CCCNC(=NCc1ccccc1)NCC. The molecule has 0 aliphatic heterocycles. The van der Waals surface area contributed by atoms with Crippen molar-refractivity contribution in [1.29, 1.82) is 0 Å². The molecule has 0 saturated carbocycles. The molecule has 0 aromatic heterocycles. The van der Waals surface area contributed by atoms with Crippen LogP contribution in [0.5, 0.6) is 0 Å². The van der Waals surface area contributed by atoms with Crippen LogP contribution < -0.4 is 10.6 Å². The zero-order chi connectivity index (χ0) is 11.6. The minimum absolute atomic E-state index is 0.722. The predicted octanol–water partition coefficient (Wildman–Crippen LogP) is 2.15. The number of nitrogens with zero attached hydrogens (tertiary/aromatic N) is 1. The van der Waals surface area contributed by atoms with Crippen LogP contribution in [0.3, 0.4) is 0 Å².